The van der Waals surface area contributed by atoms with Crippen molar-refractivity contribution < 1.29 is 9.34 Å². The number of oxazole rings is 1. The molecule has 2 aromatic rings. The third kappa shape index (κ3) is 2.25. The molecule has 0 unspecified atom stereocenters. The fourth-order valence-electron chi connectivity index (χ4n) is 2.20. The highest BCUT2D eigenvalue weighted by molar-refractivity contribution is 5.77. The van der Waals surface area contributed by atoms with E-state index in [0.717, 1.165) is 13.0 Å². The number of benzene rings is 1. The van der Waals surface area contributed by atoms with Gasteiger partial charge in [0.25, 0.3) is 11.7 Å². The van der Waals surface area contributed by atoms with Crippen LogP contribution in [0.5, 0.6) is 0 Å². The number of aromatic nitrogens is 1. The summed E-state index contributed by atoms with van der Waals surface area (Å²) in [6.07, 6.45) is 3.62. The molecule has 1 aromatic heterocycles. The van der Waals surface area contributed by atoms with E-state index in [-0.39, 0.29) is 5.69 Å². The molecule has 1 aliphatic rings. The molecule has 1 heterocycles. The van der Waals surface area contributed by atoms with Gasteiger partial charge < -0.3 is 9.73 Å². The molecule has 0 amide bonds. The van der Waals surface area contributed by atoms with Crippen molar-refractivity contribution in [2.75, 3.05) is 11.9 Å². The van der Waals surface area contributed by atoms with E-state index in [2.05, 4.69) is 17.2 Å². The number of hydrogen-bond acceptors (Lipinski definition) is 5. The second kappa shape index (κ2) is 4.22. The summed E-state index contributed by atoms with van der Waals surface area (Å²) in [7, 11) is 0. The van der Waals surface area contributed by atoms with Crippen LogP contribution in [0.1, 0.15) is 26.2 Å². The van der Waals surface area contributed by atoms with E-state index < -0.39 is 4.92 Å². The fraction of sp³-hybridized carbons (Fsp3) is 0.462. The van der Waals surface area contributed by atoms with Gasteiger partial charge in [-0.15, -0.1) is 0 Å². The smallest absolute Gasteiger partial charge is 0.295 e. The molecule has 1 aromatic carbocycles. The number of nitro benzene ring substituents is 1. The van der Waals surface area contributed by atoms with E-state index in [0.29, 0.717) is 22.5 Å². The average molecular weight is 261 g/mol. The molecule has 6 heteroatoms. The van der Waals surface area contributed by atoms with Crippen LogP contribution in [0.2, 0.25) is 0 Å². The molecule has 0 aliphatic heterocycles. The van der Waals surface area contributed by atoms with Gasteiger partial charge in [0.2, 0.25) is 0 Å². The Morgan fingerprint density at radius 1 is 1.53 bits per heavy atom. The first kappa shape index (κ1) is 12.0. The predicted molar refractivity (Wildman–Crippen MR) is 71.1 cm³/mol. The number of nitrogens with one attached hydrogen (secondary N) is 1. The molecule has 0 bridgehead atoms. The van der Waals surface area contributed by atoms with Crippen molar-refractivity contribution in [1.29, 1.82) is 0 Å². The van der Waals surface area contributed by atoms with Gasteiger partial charge in [0.05, 0.1) is 11.0 Å². The Bertz CT molecular complexity index is 631. The zero-order valence-electron chi connectivity index (χ0n) is 10.7. The largest absolute Gasteiger partial charge is 0.423 e. The molecule has 100 valence electrons. The van der Waals surface area contributed by atoms with E-state index in [4.69, 9.17) is 4.42 Å². The van der Waals surface area contributed by atoms with Crippen LogP contribution in [-0.4, -0.2) is 16.5 Å². The van der Waals surface area contributed by atoms with Gasteiger partial charge in [-0.3, -0.25) is 10.1 Å². The number of nitrogens with zero attached hydrogens (tertiary/aromatic N) is 2. The predicted octanol–water partition coefficient (Wildman–Crippen LogP) is 3.34. The van der Waals surface area contributed by atoms with E-state index in [9.17, 15) is 10.1 Å². The second-order valence-electron chi connectivity index (χ2n) is 5.14. The summed E-state index contributed by atoms with van der Waals surface area (Å²) >= 11 is 0. The lowest BCUT2D eigenvalue weighted by atomic mass is 10.0. The van der Waals surface area contributed by atoms with Gasteiger partial charge in [0.1, 0.15) is 5.52 Å². The number of anilines is 1. The van der Waals surface area contributed by atoms with E-state index in [1.165, 1.54) is 25.0 Å². The maximum absolute atomic E-state index is 10.7. The molecule has 0 spiro atoms. The summed E-state index contributed by atoms with van der Waals surface area (Å²) in [4.78, 5) is 14.5. The molecule has 1 saturated carbocycles. The molecule has 1 fully saturated rings. The van der Waals surface area contributed by atoms with Crippen LogP contribution in [0.25, 0.3) is 11.1 Å². The van der Waals surface area contributed by atoms with Crippen molar-refractivity contribution in [3.8, 4) is 0 Å². The molecule has 0 saturated heterocycles. The molecule has 0 radical (unpaired) electrons. The summed E-state index contributed by atoms with van der Waals surface area (Å²) in [6.45, 7) is 3.03. The first-order valence-corrected chi connectivity index (χ1v) is 6.41. The first-order chi connectivity index (χ1) is 9.12. The Morgan fingerprint density at radius 3 is 2.95 bits per heavy atom. The highest BCUT2D eigenvalue weighted by Crippen LogP contribution is 2.48. The molecular formula is C13H15N3O3. The van der Waals surface area contributed by atoms with Gasteiger partial charge in [-0.1, -0.05) is 6.92 Å². The number of hydrogen-bond donors (Lipinski definition) is 1. The Balaban J connectivity index is 1.79. The molecular weight excluding hydrogens is 246 g/mol. The average Bonchev–Trinajstić information content (AvgIpc) is 3.07. The Kier molecular flexibility index (Phi) is 2.66. The molecule has 1 N–H and O–H groups in total. The van der Waals surface area contributed by atoms with Crippen LogP contribution in [0.3, 0.4) is 0 Å². The fourth-order valence-corrected chi connectivity index (χ4v) is 2.20. The Morgan fingerprint density at radius 2 is 2.32 bits per heavy atom. The van der Waals surface area contributed by atoms with Crippen LogP contribution in [-0.2, 0) is 0 Å². The monoisotopic (exact) mass is 261 g/mol. The van der Waals surface area contributed by atoms with Gasteiger partial charge in [-0.25, -0.2) is 0 Å². The summed E-state index contributed by atoms with van der Waals surface area (Å²) in [5.74, 6) is 0. The number of nitro groups is 1. The summed E-state index contributed by atoms with van der Waals surface area (Å²) in [5, 5.41) is 13.9. The van der Waals surface area contributed by atoms with Crippen molar-refractivity contribution >= 4 is 22.8 Å². The lowest BCUT2D eigenvalue weighted by Gasteiger charge is -2.11. The van der Waals surface area contributed by atoms with Gasteiger partial charge >= 0.3 is 0 Å². The summed E-state index contributed by atoms with van der Waals surface area (Å²) in [5.41, 5.74) is 1.49. The van der Waals surface area contributed by atoms with E-state index in [1.807, 2.05) is 0 Å². The standard InChI is InChI=1S/C13H15N3O3/c1-2-13(5-6-13)8-14-12-15-10-4-3-9(16(17)18)7-11(10)19-12/h3-4,7H,2,5-6,8H2,1H3,(H,14,15). The second-order valence-corrected chi connectivity index (χ2v) is 5.14. The van der Waals surface area contributed by atoms with Gasteiger partial charge in [-0.2, -0.15) is 4.98 Å². The maximum atomic E-state index is 10.7. The first-order valence-electron chi connectivity index (χ1n) is 6.41. The number of non-ortho nitro benzene ring substituents is 1. The zero-order valence-corrected chi connectivity index (χ0v) is 10.7. The van der Waals surface area contributed by atoms with Crippen molar-refractivity contribution in [2.24, 2.45) is 5.41 Å². The zero-order chi connectivity index (χ0) is 13.5. The maximum Gasteiger partial charge on any atom is 0.295 e. The van der Waals surface area contributed by atoms with Crippen LogP contribution < -0.4 is 5.32 Å². The normalized spacial score (nSPS) is 16.5. The van der Waals surface area contributed by atoms with Crippen molar-refractivity contribution in [1.82, 2.24) is 4.98 Å². The lowest BCUT2D eigenvalue weighted by molar-refractivity contribution is -0.384. The van der Waals surface area contributed by atoms with E-state index >= 15 is 0 Å². The van der Waals surface area contributed by atoms with Crippen molar-refractivity contribution in [3.05, 3.63) is 28.3 Å². The van der Waals surface area contributed by atoms with Gasteiger partial charge in [0.15, 0.2) is 5.58 Å². The SMILES string of the molecule is CCC1(CNc2nc3ccc([N+](=O)[O-])cc3o2)CC1. The molecule has 1 aliphatic carbocycles. The van der Waals surface area contributed by atoms with Crippen LogP contribution in [0.15, 0.2) is 22.6 Å². The molecule has 0 atom stereocenters. The minimum atomic E-state index is -0.439. The van der Waals surface area contributed by atoms with Gasteiger partial charge in [-0.05, 0) is 30.7 Å². The Hall–Kier alpha value is -2.11. The quantitative estimate of drug-likeness (QED) is 0.659. The highest BCUT2D eigenvalue weighted by Gasteiger charge is 2.40. The number of rotatable bonds is 5. The third-order valence-electron chi connectivity index (χ3n) is 3.90. The molecule has 3 rings (SSSR count). The highest BCUT2D eigenvalue weighted by atomic mass is 16.6. The topological polar surface area (TPSA) is 81.2 Å². The number of fused-ring (bicyclic) bond motifs is 1. The van der Waals surface area contributed by atoms with Crippen LogP contribution in [0.4, 0.5) is 11.7 Å². The van der Waals surface area contributed by atoms with E-state index in [1.54, 1.807) is 6.07 Å². The van der Waals surface area contributed by atoms with Gasteiger partial charge in [0, 0.05) is 12.6 Å². The minimum absolute atomic E-state index is 0.0161. The molecule has 19 heavy (non-hydrogen) atoms. The van der Waals surface area contributed by atoms with Crippen LogP contribution in [0, 0.1) is 15.5 Å². The third-order valence-corrected chi connectivity index (χ3v) is 3.90. The summed E-state index contributed by atoms with van der Waals surface area (Å²) < 4.78 is 5.50. The van der Waals surface area contributed by atoms with Crippen molar-refractivity contribution in [2.45, 2.75) is 26.2 Å². The lowest BCUT2D eigenvalue weighted by Crippen LogP contribution is -2.14. The minimum Gasteiger partial charge on any atom is -0.423 e. The van der Waals surface area contributed by atoms with Crippen LogP contribution >= 0.6 is 0 Å². The summed E-state index contributed by atoms with van der Waals surface area (Å²) in [6, 6.07) is 4.88. The molecule has 6 nitrogen and oxygen atoms in total. The van der Waals surface area contributed by atoms with Crippen molar-refractivity contribution in [3.63, 3.8) is 0 Å². The Labute approximate surface area is 110 Å².